The Morgan fingerprint density at radius 3 is 2.83 bits per heavy atom. The predicted octanol–water partition coefficient (Wildman–Crippen LogP) is 2.98. The van der Waals surface area contributed by atoms with Crippen LogP contribution in [0.2, 0.25) is 0 Å². The van der Waals surface area contributed by atoms with E-state index in [-0.39, 0.29) is 5.92 Å². The van der Waals surface area contributed by atoms with Gasteiger partial charge in [-0.15, -0.1) is 0 Å². The summed E-state index contributed by atoms with van der Waals surface area (Å²) in [6.07, 6.45) is 2.31. The second kappa shape index (κ2) is 6.28. The normalized spacial score (nSPS) is 22.8. The molecule has 0 bridgehead atoms. The highest BCUT2D eigenvalue weighted by Gasteiger charge is 2.34. The first-order chi connectivity index (χ1) is 11.7. The second-order valence-corrected chi connectivity index (χ2v) is 6.53. The molecule has 2 aliphatic rings. The molecule has 0 amide bonds. The largest absolute Gasteiger partial charge is 0.364 e. The van der Waals surface area contributed by atoms with Gasteiger partial charge in [0, 0.05) is 25.2 Å². The van der Waals surface area contributed by atoms with E-state index in [0.29, 0.717) is 24.0 Å². The Hall–Kier alpha value is -2.34. The summed E-state index contributed by atoms with van der Waals surface area (Å²) in [7, 11) is 2.11. The van der Waals surface area contributed by atoms with E-state index in [9.17, 15) is 4.39 Å². The highest BCUT2D eigenvalue weighted by molar-refractivity contribution is 5.84. The molecule has 2 aliphatic heterocycles. The molecule has 4 rings (SSSR count). The lowest BCUT2D eigenvalue weighted by atomic mass is 9.90. The minimum atomic E-state index is -0.689. The van der Waals surface area contributed by atoms with Crippen LogP contribution >= 0.6 is 0 Å². The Labute approximate surface area is 140 Å². The van der Waals surface area contributed by atoms with Gasteiger partial charge in [-0.25, -0.2) is 4.98 Å². The van der Waals surface area contributed by atoms with E-state index in [1.54, 1.807) is 0 Å². The number of hydrogen-bond acceptors (Lipinski definition) is 5. The van der Waals surface area contributed by atoms with Crippen molar-refractivity contribution in [2.24, 2.45) is 10.9 Å². The van der Waals surface area contributed by atoms with Crippen molar-refractivity contribution in [1.29, 1.82) is 0 Å². The summed E-state index contributed by atoms with van der Waals surface area (Å²) >= 11 is 0. The summed E-state index contributed by atoms with van der Waals surface area (Å²) in [5.74, 6) is 1.00. The van der Waals surface area contributed by atoms with Crippen molar-refractivity contribution in [2.45, 2.75) is 18.9 Å². The van der Waals surface area contributed by atoms with Crippen LogP contribution < -0.4 is 5.32 Å². The predicted molar refractivity (Wildman–Crippen MR) is 92.3 cm³/mol. The first-order valence-corrected chi connectivity index (χ1v) is 8.28. The minimum absolute atomic E-state index is 0.0831. The molecule has 1 saturated heterocycles. The summed E-state index contributed by atoms with van der Waals surface area (Å²) < 4.78 is 14.0. The number of anilines is 1. The number of nitrogens with zero attached hydrogens (tertiary/aromatic N) is 4. The molecule has 1 N–H and O–H groups in total. The lowest BCUT2D eigenvalue weighted by Crippen LogP contribution is -2.19. The number of benzene rings is 1. The van der Waals surface area contributed by atoms with Crippen LogP contribution in [0.25, 0.3) is 0 Å². The molecule has 0 spiro atoms. The van der Waals surface area contributed by atoms with Crippen LogP contribution in [0.1, 0.15) is 23.6 Å². The Morgan fingerprint density at radius 1 is 1.25 bits per heavy atom. The van der Waals surface area contributed by atoms with Gasteiger partial charge in [0.05, 0.1) is 5.69 Å². The lowest BCUT2D eigenvalue weighted by molar-refractivity contribution is 0.389. The second-order valence-electron chi connectivity index (χ2n) is 6.53. The fourth-order valence-electron chi connectivity index (χ4n) is 3.54. The quantitative estimate of drug-likeness (QED) is 0.878. The molecule has 1 fully saturated rings. The van der Waals surface area contributed by atoms with Gasteiger partial charge in [-0.1, -0.05) is 30.3 Å². The number of aromatic nitrogens is 2. The van der Waals surface area contributed by atoms with E-state index in [1.165, 1.54) is 0 Å². The van der Waals surface area contributed by atoms with E-state index in [0.717, 1.165) is 30.8 Å². The maximum Gasteiger partial charge on any atom is 0.310 e. The third-order valence-electron chi connectivity index (χ3n) is 4.80. The van der Waals surface area contributed by atoms with Gasteiger partial charge in [-0.2, -0.15) is 9.37 Å². The van der Waals surface area contributed by atoms with Gasteiger partial charge in [0.1, 0.15) is 5.69 Å². The molecule has 3 heterocycles. The Bertz CT molecular complexity index is 762. The molecule has 5 nitrogen and oxygen atoms in total. The molecule has 2 atom stereocenters. The van der Waals surface area contributed by atoms with E-state index in [1.807, 2.05) is 36.5 Å². The van der Waals surface area contributed by atoms with Crippen LogP contribution in [-0.4, -0.2) is 41.2 Å². The smallest absolute Gasteiger partial charge is 0.310 e. The molecule has 2 aromatic rings. The van der Waals surface area contributed by atoms with Gasteiger partial charge in [-0.3, -0.25) is 4.99 Å². The number of aliphatic imine (C=N–C) groups is 1. The minimum Gasteiger partial charge on any atom is -0.364 e. The average Bonchev–Trinajstić information content (AvgIpc) is 3.19. The van der Waals surface area contributed by atoms with Crippen molar-refractivity contribution in [2.75, 3.05) is 25.5 Å². The van der Waals surface area contributed by atoms with Crippen molar-refractivity contribution >= 4 is 17.7 Å². The Balaban J connectivity index is 1.58. The molecule has 2 unspecified atom stereocenters. The number of hydrogen-bond donors (Lipinski definition) is 1. The zero-order valence-corrected chi connectivity index (χ0v) is 13.6. The third kappa shape index (κ3) is 2.89. The fourth-order valence-corrected chi connectivity index (χ4v) is 3.54. The van der Waals surface area contributed by atoms with Crippen molar-refractivity contribution in [3.05, 3.63) is 47.7 Å². The van der Waals surface area contributed by atoms with Crippen LogP contribution in [0, 0.1) is 12.0 Å². The highest BCUT2D eigenvalue weighted by Crippen LogP contribution is 2.41. The first kappa shape index (κ1) is 15.2. The molecule has 1 aromatic heterocycles. The maximum atomic E-state index is 14.0. The van der Waals surface area contributed by atoms with Crippen LogP contribution in [0.3, 0.4) is 0 Å². The number of likely N-dealkylation sites (tertiary alicyclic amines) is 1. The standard InChI is InChI=1S/C18H20FN5/c1-24-8-7-13(11-24)14-10-20-16-15(14)22-18(19)23-17(16)21-9-12-5-3-2-4-6-12/h2-6,10,13-14H,7-9,11H2,1H3,(H,21,22,23). The molecule has 0 saturated carbocycles. The Kier molecular flexibility index (Phi) is 3.98. The molecule has 0 radical (unpaired) electrons. The number of halogens is 1. The molecule has 1 aromatic carbocycles. The lowest BCUT2D eigenvalue weighted by Gasteiger charge is -2.17. The monoisotopic (exact) mass is 325 g/mol. The Morgan fingerprint density at radius 2 is 2.08 bits per heavy atom. The summed E-state index contributed by atoms with van der Waals surface area (Å²) in [4.78, 5) is 14.8. The van der Waals surface area contributed by atoms with Crippen molar-refractivity contribution in [3.63, 3.8) is 0 Å². The zero-order chi connectivity index (χ0) is 16.5. The molecule has 24 heavy (non-hydrogen) atoms. The molecule has 0 aliphatic carbocycles. The average molecular weight is 325 g/mol. The SMILES string of the molecule is CN1CCC(C2C=Nc3c(NCc4ccccc4)nc(F)nc32)C1. The number of rotatable bonds is 4. The van der Waals surface area contributed by atoms with Gasteiger partial charge in [0.15, 0.2) is 5.82 Å². The van der Waals surface area contributed by atoms with Gasteiger partial charge < -0.3 is 10.2 Å². The topological polar surface area (TPSA) is 53.4 Å². The maximum absolute atomic E-state index is 14.0. The molecule has 6 heteroatoms. The fraction of sp³-hybridized carbons (Fsp3) is 0.389. The first-order valence-electron chi connectivity index (χ1n) is 8.28. The van der Waals surface area contributed by atoms with E-state index < -0.39 is 6.08 Å². The molecular formula is C18H20FN5. The summed E-state index contributed by atoms with van der Waals surface area (Å²) in [5, 5.41) is 3.21. The van der Waals surface area contributed by atoms with Crippen molar-refractivity contribution in [1.82, 2.24) is 14.9 Å². The number of nitrogens with one attached hydrogen (secondary N) is 1. The van der Waals surface area contributed by atoms with E-state index in [2.05, 4.69) is 32.2 Å². The van der Waals surface area contributed by atoms with Gasteiger partial charge in [-0.05, 0) is 31.5 Å². The van der Waals surface area contributed by atoms with Gasteiger partial charge >= 0.3 is 6.08 Å². The van der Waals surface area contributed by atoms with Gasteiger partial charge in [0.25, 0.3) is 0 Å². The molecular weight excluding hydrogens is 305 g/mol. The van der Waals surface area contributed by atoms with Crippen molar-refractivity contribution < 1.29 is 4.39 Å². The van der Waals surface area contributed by atoms with Gasteiger partial charge in [0.2, 0.25) is 0 Å². The third-order valence-corrected chi connectivity index (χ3v) is 4.80. The summed E-state index contributed by atoms with van der Waals surface area (Å²) in [5.41, 5.74) is 2.52. The van der Waals surface area contributed by atoms with E-state index in [4.69, 9.17) is 0 Å². The van der Waals surface area contributed by atoms with Crippen LogP contribution in [0.15, 0.2) is 35.3 Å². The van der Waals surface area contributed by atoms with Crippen LogP contribution in [0.4, 0.5) is 15.9 Å². The summed E-state index contributed by atoms with van der Waals surface area (Å²) in [6.45, 7) is 2.64. The number of fused-ring (bicyclic) bond motifs is 1. The summed E-state index contributed by atoms with van der Waals surface area (Å²) in [6, 6.07) is 9.97. The zero-order valence-electron chi connectivity index (χ0n) is 13.6. The van der Waals surface area contributed by atoms with Crippen LogP contribution in [-0.2, 0) is 6.54 Å². The highest BCUT2D eigenvalue weighted by atomic mass is 19.1. The molecule has 124 valence electrons. The van der Waals surface area contributed by atoms with E-state index >= 15 is 0 Å². The van der Waals surface area contributed by atoms with Crippen LogP contribution in [0.5, 0.6) is 0 Å². The van der Waals surface area contributed by atoms with Crippen molar-refractivity contribution in [3.8, 4) is 0 Å².